The number of benzene rings is 1. The summed E-state index contributed by atoms with van der Waals surface area (Å²) in [7, 11) is 3.38. The monoisotopic (exact) mass is 427 g/mol. The topological polar surface area (TPSA) is 79.8 Å². The van der Waals surface area contributed by atoms with Gasteiger partial charge in [-0.05, 0) is 30.7 Å². The van der Waals surface area contributed by atoms with Gasteiger partial charge in [0.15, 0.2) is 5.13 Å². The number of amides is 2. The Hall–Kier alpha value is -2.91. The van der Waals surface area contributed by atoms with Gasteiger partial charge in [-0.15, -0.1) is 0 Å². The molecule has 0 bridgehead atoms. The zero-order chi connectivity index (χ0) is 21.1. The molecule has 0 spiro atoms. The number of pyridine rings is 1. The summed E-state index contributed by atoms with van der Waals surface area (Å²) in [5.74, 6) is 0.692. The van der Waals surface area contributed by atoms with Crippen LogP contribution in [0.25, 0.3) is 10.2 Å². The molecule has 9 heteroatoms. The van der Waals surface area contributed by atoms with Crippen molar-refractivity contribution in [3.8, 4) is 5.75 Å². The number of ether oxygens (including phenoxy) is 2. The Labute approximate surface area is 179 Å². The number of methoxy groups -OCH3 is 1. The van der Waals surface area contributed by atoms with E-state index in [0.717, 1.165) is 40.3 Å². The molecule has 1 fully saturated rings. The molecule has 3 heterocycles. The maximum absolute atomic E-state index is 12.7. The van der Waals surface area contributed by atoms with Crippen molar-refractivity contribution in [1.82, 2.24) is 14.9 Å². The fraction of sp³-hybridized carbons (Fsp3) is 0.381. The molecule has 0 radical (unpaired) electrons. The molecule has 8 nitrogen and oxygen atoms in total. The molecule has 158 valence electrons. The van der Waals surface area contributed by atoms with Crippen molar-refractivity contribution in [1.29, 1.82) is 0 Å². The van der Waals surface area contributed by atoms with Gasteiger partial charge in [0.1, 0.15) is 11.3 Å². The quantitative estimate of drug-likeness (QED) is 0.671. The van der Waals surface area contributed by atoms with Crippen LogP contribution in [0.1, 0.15) is 11.3 Å². The van der Waals surface area contributed by atoms with Crippen molar-refractivity contribution in [2.24, 2.45) is 0 Å². The van der Waals surface area contributed by atoms with Crippen molar-refractivity contribution in [2.45, 2.75) is 13.5 Å². The number of rotatable bonds is 5. The van der Waals surface area contributed by atoms with E-state index in [0.29, 0.717) is 30.6 Å². The van der Waals surface area contributed by atoms with Crippen LogP contribution < -0.4 is 15.0 Å². The molecule has 3 aromatic rings. The third-order valence-electron chi connectivity index (χ3n) is 5.01. The van der Waals surface area contributed by atoms with Crippen LogP contribution in [0.2, 0.25) is 0 Å². The van der Waals surface area contributed by atoms with Gasteiger partial charge in [0.2, 0.25) is 0 Å². The van der Waals surface area contributed by atoms with Crippen LogP contribution in [0.5, 0.6) is 5.75 Å². The standard InChI is InChI=1S/C21H25N5O3S/c1-14-4-5-15(12-22-14)13-25(2)21(27)24-20-23-18-17(28-3)7-6-16(19(18)30-20)26-8-10-29-11-9-26/h4-7,12H,8-11,13H2,1-3H3,(H,23,24,27). The second kappa shape index (κ2) is 8.85. The summed E-state index contributed by atoms with van der Waals surface area (Å²) in [5.41, 5.74) is 3.77. The number of nitrogens with zero attached hydrogens (tertiary/aromatic N) is 4. The number of aryl methyl sites for hydroxylation is 1. The van der Waals surface area contributed by atoms with E-state index in [4.69, 9.17) is 9.47 Å². The van der Waals surface area contributed by atoms with Crippen LogP contribution >= 0.6 is 11.3 Å². The SMILES string of the molecule is COc1ccc(N2CCOCC2)c2sc(NC(=O)N(C)Cc3ccc(C)nc3)nc12. The summed E-state index contributed by atoms with van der Waals surface area (Å²) in [5, 5.41) is 3.46. The molecule has 4 rings (SSSR count). The van der Waals surface area contributed by atoms with Gasteiger partial charge in [-0.25, -0.2) is 9.78 Å². The Morgan fingerprint density at radius 3 is 2.80 bits per heavy atom. The minimum atomic E-state index is -0.221. The Kier molecular flexibility index (Phi) is 6.01. The first-order valence-corrected chi connectivity index (χ1v) is 10.6. The van der Waals surface area contributed by atoms with Gasteiger partial charge in [0.25, 0.3) is 0 Å². The Balaban J connectivity index is 1.54. The second-order valence-corrected chi connectivity index (χ2v) is 8.18. The lowest BCUT2D eigenvalue weighted by molar-refractivity contribution is 0.123. The first-order chi connectivity index (χ1) is 14.5. The molecule has 30 heavy (non-hydrogen) atoms. The third kappa shape index (κ3) is 4.31. The number of fused-ring (bicyclic) bond motifs is 1. The van der Waals surface area contributed by atoms with Crippen LogP contribution in [0.3, 0.4) is 0 Å². The fourth-order valence-electron chi connectivity index (χ4n) is 3.37. The molecule has 0 unspecified atom stereocenters. The van der Waals surface area contributed by atoms with E-state index in [1.807, 2.05) is 31.2 Å². The molecule has 0 aliphatic carbocycles. The molecule has 1 N–H and O–H groups in total. The summed E-state index contributed by atoms with van der Waals surface area (Å²) < 4.78 is 12.0. The first kappa shape index (κ1) is 20.4. The van der Waals surface area contributed by atoms with Crippen LogP contribution in [-0.4, -0.2) is 61.4 Å². The van der Waals surface area contributed by atoms with Gasteiger partial charge in [0.05, 0.1) is 30.7 Å². The average molecular weight is 428 g/mol. The minimum absolute atomic E-state index is 0.221. The number of hydrogen-bond donors (Lipinski definition) is 1. The number of hydrogen-bond acceptors (Lipinski definition) is 7. The summed E-state index contributed by atoms with van der Waals surface area (Å²) >= 11 is 1.46. The molecule has 2 aromatic heterocycles. The fourth-order valence-corrected chi connectivity index (χ4v) is 4.38. The normalized spacial score (nSPS) is 14.0. The van der Waals surface area contributed by atoms with Gasteiger partial charge in [0, 0.05) is 38.6 Å². The highest BCUT2D eigenvalue weighted by Gasteiger charge is 2.20. The Morgan fingerprint density at radius 1 is 1.30 bits per heavy atom. The molecule has 1 aliphatic rings. The van der Waals surface area contributed by atoms with Crippen molar-refractivity contribution in [3.05, 3.63) is 41.7 Å². The van der Waals surface area contributed by atoms with E-state index in [-0.39, 0.29) is 6.03 Å². The molecule has 1 saturated heterocycles. The lowest BCUT2D eigenvalue weighted by Crippen LogP contribution is -2.36. The molecule has 0 atom stereocenters. The highest BCUT2D eigenvalue weighted by Crippen LogP contribution is 2.39. The predicted octanol–water partition coefficient (Wildman–Crippen LogP) is 3.51. The van der Waals surface area contributed by atoms with E-state index in [1.165, 1.54) is 11.3 Å². The summed E-state index contributed by atoms with van der Waals surface area (Å²) in [6, 6.07) is 7.67. The van der Waals surface area contributed by atoms with Crippen LogP contribution in [-0.2, 0) is 11.3 Å². The predicted molar refractivity (Wildman–Crippen MR) is 119 cm³/mol. The number of aromatic nitrogens is 2. The van der Waals surface area contributed by atoms with Gasteiger partial charge >= 0.3 is 6.03 Å². The van der Waals surface area contributed by atoms with Crippen molar-refractivity contribution < 1.29 is 14.3 Å². The number of morpholine rings is 1. The largest absolute Gasteiger partial charge is 0.494 e. The summed E-state index contributed by atoms with van der Waals surface area (Å²) in [4.78, 5) is 25.5. The zero-order valence-electron chi connectivity index (χ0n) is 17.3. The van der Waals surface area contributed by atoms with Gasteiger partial charge in [-0.2, -0.15) is 0 Å². The summed E-state index contributed by atoms with van der Waals surface area (Å²) in [6.07, 6.45) is 1.79. The lowest BCUT2D eigenvalue weighted by Gasteiger charge is -2.29. The van der Waals surface area contributed by atoms with E-state index < -0.39 is 0 Å². The van der Waals surface area contributed by atoms with Gasteiger partial charge < -0.3 is 19.3 Å². The zero-order valence-corrected chi connectivity index (χ0v) is 18.2. The van der Waals surface area contributed by atoms with Crippen LogP contribution in [0.15, 0.2) is 30.5 Å². The number of carbonyl (C=O) groups is 1. The molecule has 2 amide bonds. The number of carbonyl (C=O) groups excluding carboxylic acids is 1. The second-order valence-electron chi connectivity index (χ2n) is 7.18. The Bertz CT molecular complexity index is 1030. The van der Waals surface area contributed by atoms with Gasteiger partial charge in [-0.3, -0.25) is 10.3 Å². The molecule has 1 aliphatic heterocycles. The van der Waals surface area contributed by atoms with E-state index >= 15 is 0 Å². The third-order valence-corrected chi connectivity index (χ3v) is 6.00. The number of anilines is 2. The molecular formula is C21H25N5O3S. The van der Waals surface area contributed by atoms with Gasteiger partial charge in [-0.1, -0.05) is 17.4 Å². The number of thiazole rings is 1. The maximum atomic E-state index is 12.7. The van der Waals surface area contributed by atoms with E-state index in [1.54, 1.807) is 25.3 Å². The minimum Gasteiger partial charge on any atom is -0.494 e. The van der Waals surface area contributed by atoms with E-state index in [2.05, 4.69) is 20.2 Å². The summed E-state index contributed by atoms with van der Waals surface area (Å²) in [6.45, 7) is 5.46. The van der Waals surface area contributed by atoms with Crippen molar-refractivity contribution in [3.63, 3.8) is 0 Å². The Morgan fingerprint density at radius 2 is 2.10 bits per heavy atom. The molecule has 1 aromatic carbocycles. The van der Waals surface area contributed by atoms with Crippen LogP contribution in [0, 0.1) is 6.92 Å². The highest BCUT2D eigenvalue weighted by atomic mass is 32.1. The molecule has 0 saturated carbocycles. The van der Waals surface area contributed by atoms with Crippen molar-refractivity contribution in [2.75, 3.05) is 50.7 Å². The van der Waals surface area contributed by atoms with Crippen molar-refractivity contribution >= 4 is 38.4 Å². The average Bonchev–Trinajstić information content (AvgIpc) is 3.18. The maximum Gasteiger partial charge on any atom is 0.323 e. The molecular weight excluding hydrogens is 402 g/mol. The number of urea groups is 1. The van der Waals surface area contributed by atoms with Crippen LogP contribution in [0.4, 0.5) is 15.6 Å². The number of nitrogens with one attached hydrogen (secondary N) is 1. The van der Waals surface area contributed by atoms with E-state index in [9.17, 15) is 4.79 Å². The lowest BCUT2D eigenvalue weighted by atomic mass is 10.2. The highest BCUT2D eigenvalue weighted by molar-refractivity contribution is 7.23. The first-order valence-electron chi connectivity index (χ1n) is 9.79. The smallest absolute Gasteiger partial charge is 0.323 e.